The van der Waals surface area contributed by atoms with Crippen LogP contribution in [0.15, 0.2) is 54.2 Å². The minimum Gasteiger partial charge on any atom is -0.337 e. The minimum atomic E-state index is -1.03. The Morgan fingerprint density at radius 3 is 2.65 bits per heavy atom. The number of imidazole rings is 1. The molecular formula is C14H12N4OS. The summed E-state index contributed by atoms with van der Waals surface area (Å²) in [6, 6.07) is 7.49. The normalized spacial score (nSPS) is 12.4. The van der Waals surface area contributed by atoms with Gasteiger partial charge in [0.25, 0.3) is 0 Å². The zero-order valence-electron chi connectivity index (χ0n) is 10.6. The lowest BCUT2D eigenvalue weighted by atomic mass is 10.2. The van der Waals surface area contributed by atoms with Crippen molar-refractivity contribution in [1.82, 2.24) is 20.2 Å². The quantitative estimate of drug-likeness (QED) is 0.746. The second-order valence-corrected chi connectivity index (χ2v) is 5.69. The molecule has 1 atom stereocenters. The number of hydrogen-bond donors (Lipinski definition) is 1. The van der Waals surface area contributed by atoms with Crippen LogP contribution in [0.3, 0.4) is 0 Å². The van der Waals surface area contributed by atoms with Crippen LogP contribution in [0.25, 0.3) is 22.4 Å². The Labute approximate surface area is 118 Å². The molecule has 0 aliphatic rings. The fraction of sp³-hybridized carbons (Fsp3) is 0.0714. The fourth-order valence-corrected chi connectivity index (χ4v) is 2.73. The number of benzene rings is 1. The molecule has 6 heteroatoms. The van der Waals surface area contributed by atoms with Gasteiger partial charge in [-0.1, -0.05) is 18.2 Å². The summed E-state index contributed by atoms with van der Waals surface area (Å²) in [6.45, 7) is 3.60. The van der Waals surface area contributed by atoms with Gasteiger partial charge in [0.2, 0.25) is 0 Å². The number of aromatic amines is 1. The highest BCUT2D eigenvalue weighted by Crippen LogP contribution is 2.20. The van der Waals surface area contributed by atoms with E-state index in [9.17, 15) is 4.21 Å². The first kappa shape index (κ1) is 12.7. The number of rotatable bonds is 4. The van der Waals surface area contributed by atoms with Gasteiger partial charge in [0.15, 0.2) is 0 Å². The van der Waals surface area contributed by atoms with Crippen LogP contribution in [0.1, 0.15) is 0 Å². The van der Waals surface area contributed by atoms with Crippen LogP contribution < -0.4 is 0 Å². The monoisotopic (exact) mass is 284 g/mol. The topological polar surface area (TPSA) is 71.5 Å². The third-order valence-corrected chi connectivity index (χ3v) is 4.19. The van der Waals surface area contributed by atoms with Gasteiger partial charge >= 0.3 is 0 Å². The van der Waals surface area contributed by atoms with Gasteiger partial charge in [-0.2, -0.15) is 10.2 Å². The van der Waals surface area contributed by atoms with Crippen LogP contribution in [0, 0.1) is 0 Å². The van der Waals surface area contributed by atoms with E-state index in [0.29, 0.717) is 5.75 Å². The molecule has 0 fully saturated rings. The zero-order chi connectivity index (χ0) is 13.9. The molecule has 1 aromatic carbocycles. The van der Waals surface area contributed by atoms with E-state index in [1.54, 1.807) is 18.5 Å². The van der Waals surface area contributed by atoms with E-state index in [4.69, 9.17) is 0 Å². The number of hydrogen-bond acceptors (Lipinski definition) is 4. The van der Waals surface area contributed by atoms with Crippen molar-refractivity contribution in [2.45, 2.75) is 4.90 Å². The van der Waals surface area contributed by atoms with E-state index >= 15 is 0 Å². The van der Waals surface area contributed by atoms with Crippen LogP contribution in [-0.2, 0) is 10.8 Å². The lowest BCUT2D eigenvalue weighted by Gasteiger charge is -2.01. The molecule has 0 saturated carbocycles. The first-order valence-corrected chi connectivity index (χ1v) is 7.36. The second kappa shape index (κ2) is 5.34. The molecule has 0 aliphatic heterocycles. The Bertz CT molecular complexity index is 746. The van der Waals surface area contributed by atoms with Gasteiger partial charge in [-0.3, -0.25) is 4.21 Å². The molecule has 2 heterocycles. The van der Waals surface area contributed by atoms with Crippen molar-refractivity contribution in [1.29, 1.82) is 0 Å². The Balaban J connectivity index is 1.94. The summed E-state index contributed by atoms with van der Waals surface area (Å²) in [5.74, 6) is 1.21. The van der Waals surface area contributed by atoms with Gasteiger partial charge in [0.1, 0.15) is 11.3 Å². The summed E-state index contributed by atoms with van der Waals surface area (Å²) >= 11 is 0. The summed E-state index contributed by atoms with van der Waals surface area (Å²) in [5.41, 5.74) is 2.55. The highest BCUT2D eigenvalue weighted by Gasteiger charge is 2.07. The van der Waals surface area contributed by atoms with E-state index < -0.39 is 10.8 Å². The molecule has 2 aromatic heterocycles. The fourth-order valence-electron chi connectivity index (χ4n) is 1.88. The lowest BCUT2D eigenvalue weighted by Crippen LogP contribution is -1.94. The maximum Gasteiger partial charge on any atom is 0.138 e. The predicted octanol–water partition coefficient (Wildman–Crippen LogP) is 2.31. The average molecular weight is 284 g/mol. The summed E-state index contributed by atoms with van der Waals surface area (Å²) in [4.78, 5) is 8.41. The SMILES string of the molecule is C=CCS(=O)c1ccc(-c2nc3cnncc3[nH]2)cc1. The van der Waals surface area contributed by atoms with Crippen LogP contribution in [0.2, 0.25) is 0 Å². The molecule has 0 spiro atoms. The lowest BCUT2D eigenvalue weighted by molar-refractivity contribution is 0.685. The molecule has 100 valence electrons. The number of nitrogens with zero attached hydrogens (tertiary/aromatic N) is 3. The third kappa shape index (κ3) is 2.37. The van der Waals surface area contributed by atoms with Crippen LogP contribution in [-0.4, -0.2) is 30.1 Å². The largest absolute Gasteiger partial charge is 0.337 e. The van der Waals surface area contributed by atoms with Crippen LogP contribution in [0.5, 0.6) is 0 Å². The third-order valence-electron chi connectivity index (χ3n) is 2.85. The number of fused-ring (bicyclic) bond motifs is 1. The van der Waals surface area contributed by atoms with Gasteiger partial charge in [0.05, 0.1) is 28.7 Å². The van der Waals surface area contributed by atoms with Gasteiger partial charge in [-0.15, -0.1) is 6.58 Å². The number of aromatic nitrogens is 4. The molecule has 0 amide bonds. The highest BCUT2D eigenvalue weighted by molar-refractivity contribution is 7.85. The molecular weight excluding hydrogens is 272 g/mol. The van der Waals surface area contributed by atoms with Crippen LogP contribution >= 0.6 is 0 Å². The first-order valence-electron chi connectivity index (χ1n) is 6.04. The number of nitrogens with one attached hydrogen (secondary N) is 1. The molecule has 1 N–H and O–H groups in total. The molecule has 0 radical (unpaired) electrons. The van der Waals surface area contributed by atoms with Crippen molar-refractivity contribution < 1.29 is 4.21 Å². The maximum atomic E-state index is 11.8. The standard InChI is InChI=1S/C14H12N4OS/c1-2-7-20(19)11-5-3-10(4-6-11)14-17-12-8-15-16-9-13(12)18-14/h2-6,8-9H,1,7H2,(H,17,18). The van der Waals surface area contributed by atoms with Crippen molar-refractivity contribution in [2.75, 3.05) is 5.75 Å². The molecule has 0 aliphatic carbocycles. The Hall–Kier alpha value is -2.34. The zero-order valence-corrected chi connectivity index (χ0v) is 11.4. The van der Waals surface area contributed by atoms with E-state index in [1.807, 2.05) is 24.3 Å². The first-order chi connectivity index (χ1) is 9.78. The summed E-state index contributed by atoms with van der Waals surface area (Å²) < 4.78 is 11.8. The second-order valence-electron chi connectivity index (χ2n) is 4.20. The van der Waals surface area contributed by atoms with Gasteiger partial charge in [-0.25, -0.2) is 4.98 Å². The molecule has 5 nitrogen and oxygen atoms in total. The van der Waals surface area contributed by atoms with Crippen molar-refractivity contribution in [2.24, 2.45) is 0 Å². The van der Waals surface area contributed by atoms with Crippen LogP contribution in [0.4, 0.5) is 0 Å². The molecule has 3 rings (SSSR count). The molecule has 0 saturated heterocycles. The molecule has 0 bridgehead atoms. The number of H-pyrrole nitrogens is 1. The average Bonchev–Trinajstić information content (AvgIpc) is 2.91. The Kier molecular flexibility index (Phi) is 3.39. The van der Waals surface area contributed by atoms with Gasteiger partial charge in [0, 0.05) is 16.2 Å². The Morgan fingerprint density at radius 2 is 1.95 bits per heavy atom. The summed E-state index contributed by atoms with van der Waals surface area (Å²) in [6.07, 6.45) is 4.91. The summed E-state index contributed by atoms with van der Waals surface area (Å²) in [7, 11) is -1.03. The predicted molar refractivity (Wildman–Crippen MR) is 78.6 cm³/mol. The van der Waals surface area contributed by atoms with E-state index in [2.05, 4.69) is 26.7 Å². The van der Waals surface area contributed by atoms with Gasteiger partial charge in [-0.05, 0) is 12.1 Å². The minimum absolute atomic E-state index is 0.460. The van der Waals surface area contributed by atoms with Crippen molar-refractivity contribution in [3.8, 4) is 11.4 Å². The smallest absolute Gasteiger partial charge is 0.138 e. The van der Waals surface area contributed by atoms with E-state index in [1.165, 1.54) is 0 Å². The Morgan fingerprint density at radius 1 is 1.20 bits per heavy atom. The maximum absolute atomic E-state index is 11.8. The van der Waals surface area contributed by atoms with E-state index in [0.717, 1.165) is 27.3 Å². The molecule has 20 heavy (non-hydrogen) atoms. The highest BCUT2D eigenvalue weighted by atomic mass is 32.2. The molecule has 1 unspecified atom stereocenters. The van der Waals surface area contributed by atoms with Crippen molar-refractivity contribution in [3.63, 3.8) is 0 Å². The van der Waals surface area contributed by atoms with Gasteiger partial charge < -0.3 is 4.98 Å². The summed E-state index contributed by atoms with van der Waals surface area (Å²) in [5, 5.41) is 7.60. The molecule has 3 aromatic rings. The van der Waals surface area contributed by atoms with Crippen molar-refractivity contribution >= 4 is 21.8 Å². The van der Waals surface area contributed by atoms with E-state index in [-0.39, 0.29) is 0 Å². The van der Waals surface area contributed by atoms with Crippen molar-refractivity contribution in [3.05, 3.63) is 49.3 Å².